The molecule has 0 aliphatic carbocycles. The van der Waals surface area contributed by atoms with Crippen molar-refractivity contribution in [1.82, 2.24) is 24.9 Å². The molecule has 2 saturated heterocycles. The quantitative estimate of drug-likeness (QED) is 0.864. The number of aryl methyl sites for hydroxylation is 1. The van der Waals surface area contributed by atoms with Crippen molar-refractivity contribution in [3.05, 3.63) is 18.2 Å². The van der Waals surface area contributed by atoms with Crippen molar-refractivity contribution in [3.63, 3.8) is 0 Å². The van der Waals surface area contributed by atoms with E-state index in [1.165, 1.54) is 0 Å². The molecule has 0 aromatic carbocycles. The monoisotopic (exact) mass is 316 g/mol. The number of anilines is 1. The maximum Gasteiger partial charge on any atom is 0.220 e. The minimum Gasteiger partial charge on any atom is -0.376 e. The van der Waals surface area contributed by atoms with E-state index in [4.69, 9.17) is 4.74 Å². The summed E-state index contributed by atoms with van der Waals surface area (Å²) in [6.45, 7) is 2.69. The van der Waals surface area contributed by atoms with Crippen molar-refractivity contribution in [1.29, 1.82) is 0 Å². The van der Waals surface area contributed by atoms with Gasteiger partial charge in [0.15, 0.2) is 5.65 Å². The van der Waals surface area contributed by atoms with E-state index in [-0.39, 0.29) is 24.1 Å². The fraction of sp³-hybridized carbons (Fsp3) is 0.600. The van der Waals surface area contributed by atoms with Crippen molar-refractivity contribution < 1.29 is 9.53 Å². The lowest BCUT2D eigenvalue weighted by Crippen LogP contribution is -2.56. The van der Waals surface area contributed by atoms with Crippen LogP contribution in [0.15, 0.2) is 12.4 Å². The van der Waals surface area contributed by atoms with E-state index in [2.05, 4.69) is 25.8 Å². The van der Waals surface area contributed by atoms with Crippen LogP contribution in [0.3, 0.4) is 0 Å². The van der Waals surface area contributed by atoms with Crippen LogP contribution in [0, 0.1) is 6.92 Å². The third kappa shape index (κ3) is 2.74. The van der Waals surface area contributed by atoms with E-state index in [0.717, 1.165) is 43.2 Å². The Hall–Kier alpha value is -2.22. The summed E-state index contributed by atoms with van der Waals surface area (Å²) in [5.74, 6) is 1.68. The fourth-order valence-corrected chi connectivity index (χ4v) is 3.46. The SMILES string of the molecule is Cc1nc(N[C@H]2CCC(=O)N[C@@H]2C2CCCO2)cc2nncn12. The average Bonchev–Trinajstić information content (AvgIpc) is 3.20. The molecule has 1 unspecified atom stereocenters. The summed E-state index contributed by atoms with van der Waals surface area (Å²) >= 11 is 0. The number of nitrogens with zero attached hydrogens (tertiary/aromatic N) is 4. The second kappa shape index (κ2) is 5.77. The fourth-order valence-electron chi connectivity index (χ4n) is 3.46. The summed E-state index contributed by atoms with van der Waals surface area (Å²) in [6, 6.07) is 1.96. The molecule has 23 heavy (non-hydrogen) atoms. The largest absolute Gasteiger partial charge is 0.376 e. The zero-order chi connectivity index (χ0) is 15.8. The Bertz CT molecular complexity index is 724. The number of hydrogen-bond donors (Lipinski definition) is 2. The molecule has 2 aliphatic rings. The molecule has 122 valence electrons. The number of rotatable bonds is 3. The van der Waals surface area contributed by atoms with Crippen molar-refractivity contribution in [2.75, 3.05) is 11.9 Å². The molecule has 2 aliphatic heterocycles. The molecule has 2 aromatic heterocycles. The Morgan fingerprint density at radius 1 is 1.43 bits per heavy atom. The van der Waals surface area contributed by atoms with E-state index < -0.39 is 0 Å². The van der Waals surface area contributed by atoms with Crippen molar-refractivity contribution in [2.45, 2.75) is 50.8 Å². The molecule has 0 bridgehead atoms. The first-order valence-corrected chi connectivity index (χ1v) is 8.05. The number of nitrogens with one attached hydrogen (secondary N) is 2. The van der Waals surface area contributed by atoms with Crippen LogP contribution in [0.4, 0.5) is 5.82 Å². The molecule has 0 saturated carbocycles. The minimum absolute atomic E-state index is 0.0186. The first-order chi connectivity index (χ1) is 11.2. The molecule has 1 amide bonds. The molecule has 8 nitrogen and oxygen atoms in total. The normalized spacial score (nSPS) is 28.0. The molecule has 4 heterocycles. The number of hydrogen-bond acceptors (Lipinski definition) is 6. The third-order valence-corrected chi connectivity index (χ3v) is 4.61. The highest BCUT2D eigenvalue weighted by Gasteiger charge is 2.37. The molecule has 3 atom stereocenters. The van der Waals surface area contributed by atoms with Gasteiger partial charge in [0, 0.05) is 19.1 Å². The zero-order valence-electron chi connectivity index (χ0n) is 13.0. The number of ether oxygens (including phenoxy) is 1. The van der Waals surface area contributed by atoms with Gasteiger partial charge in [0.25, 0.3) is 0 Å². The van der Waals surface area contributed by atoms with E-state index in [9.17, 15) is 4.79 Å². The molecule has 0 spiro atoms. The Morgan fingerprint density at radius 3 is 3.17 bits per heavy atom. The van der Waals surface area contributed by atoms with Gasteiger partial charge in [0.1, 0.15) is 18.0 Å². The van der Waals surface area contributed by atoms with Crippen LogP contribution in [0.2, 0.25) is 0 Å². The standard InChI is InChI=1S/C15H20N6O2/c1-9-17-12(7-13-20-16-8-21(9)13)18-10-4-5-14(22)19-15(10)11-3-2-6-23-11/h7-8,10-11,15,18H,2-6H2,1H3,(H,19,22)/t10-,11?,15-/m0/s1. The van der Waals surface area contributed by atoms with Gasteiger partial charge in [-0.3, -0.25) is 9.20 Å². The maximum absolute atomic E-state index is 11.8. The predicted molar refractivity (Wildman–Crippen MR) is 83.1 cm³/mol. The first-order valence-electron chi connectivity index (χ1n) is 8.05. The third-order valence-electron chi connectivity index (χ3n) is 4.61. The van der Waals surface area contributed by atoms with Gasteiger partial charge in [0.05, 0.1) is 18.2 Å². The number of carbonyl (C=O) groups is 1. The average molecular weight is 316 g/mol. The number of amides is 1. The highest BCUT2D eigenvalue weighted by molar-refractivity contribution is 5.77. The lowest BCUT2D eigenvalue weighted by atomic mass is 9.92. The minimum atomic E-state index is -0.0186. The van der Waals surface area contributed by atoms with Gasteiger partial charge in [0.2, 0.25) is 5.91 Å². The highest BCUT2D eigenvalue weighted by Crippen LogP contribution is 2.24. The summed E-state index contributed by atoms with van der Waals surface area (Å²) in [6.07, 6.45) is 5.06. The molecule has 8 heteroatoms. The summed E-state index contributed by atoms with van der Waals surface area (Å²) in [4.78, 5) is 16.4. The summed E-state index contributed by atoms with van der Waals surface area (Å²) < 4.78 is 7.63. The summed E-state index contributed by atoms with van der Waals surface area (Å²) in [5, 5.41) is 14.5. The second-order valence-corrected chi connectivity index (χ2v) is 6.18. The van der Waals surface area contributed by atoms with Gasteiger partial charge < -0.3 is 15.4 Å². The molecule has 2 fully saturated rings. The van der Waals surface area contributed by atoms with E-state index in [0.29, 0.717) is 6.42 Å². The van der Waals surface area contributed by atoms with Crippen molar-refractivity contribution in [3.8, 4) is 0 Å². The molecular formula is C15H20N6O2. The highest BCUT2D eigenvalue weighted by atomic mass is 16.5. The Kier molecular flexibility index (Phi) is 3.60. The molecule has 2 aromatic rings. The Labute approximate surface area is 133 Å². The van der Waals surface area contributed by atoms with Gasteiger partial charge in [-0.15, -0.1) is 10.2 Å². The lowest BCUT2D eigenvalue weighted by molar-refractivity contribution is -0.124. The Morgan fingerprint density at radius 2 is 2.35 bits per heavy atom. The maximum atomic E-state index is 11.8. The van der Waals surface area contributed by atoms with Crippen LogP contribution in [0.1, 0.15) is 31.5 Å². The smallest absolute Gasteiger partial charge is 0.220 e. The Balaban J connectivity index is 1.57. The summed E-state index contributed by atoms with van der Waals surface area (Å²) in [7, 11) is 0. The number of piperidine rings is 1. The van der Waals surface area contributed by atoms with Crippen LogP contribution in [-0.2, 0) is 9.53 Å². The van der Waals surface area contributed by atoms with E-state index in [1.807, 2.05) is 17.4 Å². The van der Waals surface area contributed by atoms with Gasteiger partial charge in [-0.2, -0.15) is 0 Å². The topological polar surface area (TPSA) is 93.4 Å². The van der Waals surface area contributed by atoms with Gasteiger partial charge in [-0.25, -0.2) is 4.98 Å². The number of aromatic nitrogens is 4. The van der Waals surface area contributed by atoms with Gasteiger partial charge in [-0.05, 0) is 26.2 Å². The van der Waals surface area contributed by atoms with Crippen LogP contribution in [0.5, 0.6) is 0 Å². The molecular weight excluding hydrogens is 296 g/mol. The molecule has 4 rings (SSSR count). The first kappa shape index (κ1) is 14.4. The zero-order valence-corrected chi connectivity index (χ0v) is 13.0. The lowest BCUT2D eigenvalue weighted by Gasteiger charge is -2.36. The van der Waals surface area contributed by atoms with Crippen molar-refractivity contribution >= 4 is 17.4 Å². The van der Waals surface area contributed by atoms with Crippen LogP contribution < -0.4 is 10.6 Å². The summed E-state index contributed by atoms with van der Waals surface area (Å²) in [5.41, 5.74) is 0.758. The second-order valence-electron chi connectivity index (χ2n) is 6.18. The molecule has 0 radical (unpaired) electrons. The molecule has 2 N–H and O–H groups in total. The van der Waals surface area contributed by atoms with Gasteiger partial charge in [-0.1, -0.05) is 0 Å². The van der Waals surface area contributed by atoms with E-state index >= 15 is 0 Å². The van der Waals surface area contributed by atoms with E-state index in [1.54, 1.807) is 6.33 Å². The number of carbonyl (C=O) groups excluding carboxylic acids is 1. The van der Waals surface area contributed by atoms with Crippen LogP contribution in [0.25, 0.3) is 5.65 Å². The van der Waals surface area contributed by atoms with Gasteiger partial charge >= 0.3 is 0 Å². The predicted octanol–water partition coefficient (Wildman–Crippen LogP) is 0.671. The van der Waals surface area contributed by atoms with Crippen LogP contribution >= 0.6 is 0 Å². The van der Waals surface area contributed by atoms with Crippen LogP contribution in [-0.4, -0.2) is 50.3 Å². The number of fused-ring (bicyclic) bond motifs is 1. The van der Waals surface area contributed by atoms with Crippen molar-refractivity contribution in [2.24, 2.45) is 0 Å².